The molecule has 0 radical (unpaired) electrons. The van der Waals surface area contributed by atoms with Gasteiger partial charge < -0.3 is 19.7 Å². The molecule has 4 heterocycles. The number of amides is 1. The van der Waals surface area contributed by atoms with Crippen molar-refractivity contribution in [1.29, 1.82) is 0 Å². The number of nitrogens with one attached hydrogen (secondary N) is 1. The van der Waals surface area contributed by atoms with E-state index in [1.165, 1.54) is 0 Å². The van der Waals surface area contributed by atoms with Crippen LogP contribution in [0.5, 0.6) is 0 Å². The van der Waals surface area contributed by atoms with Gasteiger partial charge in [0, 0.05) is 41.6 Å². The molecule has 5 heteroatoms. The Morgan fingerprint density at radius 2 is 2.28 bits per heavy atom. The SMILES string of the molecule is Cc1[nH]c2ccccc2c1CC(=O)N1C[C@@H]2[C@H](CO)[C@H]3CC[C@]2(C1)O3. The molecule has 2 N–H and O–H groups in total. The minimum atomic E-state index is -0.191. The van der Waals surface area contributed by atoms with Gasteiger partial charge in [-0.25, -0.2) is 0 Å². The lowest BCUT2D eigenvalue weighted by Gasteiger charge is -2.27. The summed E-state index contributed by atoms with van der Waals surface area (Å²) in [6.45, 7) is 3.61. The van der Waals surface area contributed by atoms with Crippen LogP contribution in [0, 0.1) is 18.8 Å². The third-order valence-corrected chi connectivity index (χ3v) is 6.70. The van der Waals surface area contributed by atoms with E-state index in [0.717, 1.165) is 41.5 Å². The van der Waals surface area contributed by atoms with Crippen molar-refractivity contribution in [2.75, 3.05) is 19.7 Å². The first-order chi connectivity index (χ1) is 12.1. The molecule has 1 amide bonds. The molecule has 4 atom stereocenters. The van der Waals surface area contributed by atoms with Crippen LogP contribution < -0.4 is 0 Å². The monoisotopic (exact) mass is 340 g/mol. The minimum absolute atomic E-state index is 0.167. The number of hydrogen-bond acceptors (Lipinski definition) is 3. The van der Waals surface area contributed by atoms with E-state index in [4.69, 9.17) is 4.74 Å². The Kier molecular flexibility index (Phi) is 3.28. The molecule has 0 aliphatic carbocycles. The molecule has 0 saturated carbocycles. The Balaban J connectivity index is 1.38. The molecule has 3 fully saturated rings. The number of likely N-dealkylation sites (tertiary alicyclic amines) is 1. The molecule has 5 rings (SSSR count). The Bertz CT molecular complexity index is 845. The lowest BCUT2D eigenvalue weighted by Crippen LogP contribution is -2.38. The van der Waals surface area contributed by atoms with Crippen molar-refractivity contribution in [3.05, 3.63) is 35.5 Å². The van der Waals surface area contributed by atoms with Crippen LogP contribution >= 0.6 is 0 Å². The number of nitrogens with zero attached hydrogens (tertiary/aromatic N) is 1. The summed E-state index contributed by atoms with van der Waals surface area (Å²) < 4.78 is 6.24. The number of carbonyl (C=O) groups is 1. The van der Waals surface area contributed by atoms with Crippen molar-refractivity contribution >= 4 is 16.8 Å². The summed E-state index contributed by atoms with van der Waals surface area (Å²) in [4.78, 5) is 18.3. The van der Waals surface area contributed by atoms with Crippen molar-refractivity contribution in [2.24, 2.45) is 11.8 Å². The molecule has 3 aliphatic heterocycles. The number of aromatic amines is 1. The lowest BCUT2D eigenvalue weighted by atomic mass is 9.74. The summed E-state index contributed by atoms with van der Waals surface area (Å²) in [7, 11) is 0. The van der Waals surface area contributed by atoms with Gasteiger partial charge in [-0.2, -0.15) is 0 Å². The van der Waals surface area contributed by atoms with Gasteiger partial charge in [0.2, 0.25) is 5.91 Å². The van der Waals surface area contributed by atoms with Crippen LogP contribution in [0.25, 0.3) is 10.9 Å². The van der Waals surface area contributed by atoms with Crippen molar-refractivity contribution in [2.45, 2.75) is 37.9 Å². The molecule has 132 valence electrons. The largest absolute Gasteiger partial charge is 0.396 e. The van der Waals surface area contributed by atoms with E-state index in [0.29, 0.717) is 18.9 Å². The molecule has 1 spiro atoms. The zero-order chi connectivity index (χ0) is 17.2. The third-order valence-electron chi connectivity index (χ3n) is 6.70. The molecular weight excluding hydrogens is 316 g/mol. The van der Waals surface area contributed by atoms with Gasteiger partial charge in [0.05, 0.1) is 24.7 Å². The molecule has 3 aliphatic rings. The second kappa shape index (κ2) is 5.32. The Hall–Kier alpha value is -1.85. The molecular formula is C20H24N2O3. The molecule has 0 unspecified atom stereocenters. The Labute approximate surface area is 147 Å². The van der Waals surface area contributed by atoms with Gasteiger partial charge in [0.1, 0.15) is 0 Å². The molecule has 1 aromatic carbocycles. The molecule has 1 aromatic heterocycles. The number of aryl methyl sites for hydroxylation is 1. The van der Waals surface area contributed by atoms with Crippen molar-refractivity contribution in [3.63, 3.8) is 0 Å². The zero-order valence-corrected chi connectivity index (χ0v) is 14.5. The average molecular weight is 340 g/mol. The summed E-state index contributed by atoms with van der Waals surface area (Å²) in [6, 6.07) is 8.15. The average Bonchev–Trinajstić information content (AvgIpc) is 3.33. The van der Waals surface area contributed by atoms with Crippen molar-refractivity contribution in [1.82, 2.24) is 9.88 Å². The summed E-state index contributed by atoms with van der Waals surface area (Å²) in [6.07, 6.45) is 2.66. The lowest BCUT2D eigenvalue weighted by molar-refractivity contribution is -0.131. The first-order valence-corrected chi connectivity index (χ1v) is 9.24. The first-order valence-electron chi connectivity index (χ1n) is 9.24. The minimum Gasteiger partial charge on any atom is -0.396 e. The summed E-state index contributed by atoms with van der Waals surface area (Å²) in [5.41, 5.74) is 3.06. The van der Waals surface area contributed by atoms with Crippen LogP contribution in [0.1, 0.15) is 24.1 Å². The maximum absolute atomic E-state index is 13.0. The smallest absolute Gasteiger partial charge is 0.227 e. The molecule has 2 aromatic rings. The first kappa shape index (κ1) is 15.4. The standard InChI is InChI=1S/C20H24N2O3/c1-12-14(13-4-2-3-5-17(13)21-12)8-19(24)22-9-16-15(10-23)18-6-7-20(16,11-22)25-18/h2-5,15-16,18,21,23H,6-11H2,1H3/t15-,16+,18+,20+/m0/s1. The van der Waals surface area contributed by atoms with Crippen molar-refractivity contribution < 1.29 is 14.6 Å². The molecule has 25 heavy (non-hydrogen) atoms. The number of aliphatic hydroxyl groups excluding tert-OH is 1. The van der Waals surface area contributed by atoms with E-state index >= 15 is 0 Å². The van der Waals surface area contributed by atoms with Crippen LogP contribution in [0.2, 0.25) is 0 Å². The maximum Gasteiger partial charge on any atom is 0.227 e. The highest BCUT2D eigenvalue weighted by Crippen LogP contribution is 2.54. The predicted octanol–water partition coefficient (Wildman–Crippen LogP) is 2.02. The molecule has 2 bridgehead atoms. The fourth-order valence-electron chi connectivity index (χ4n) is 5.45. The molecule has 5 nitrogen and oxygen atoms in total. The zero-order valence-electron chi connectivity index (χ0n) is 14.5. The number of para-hydroxylation sites is 1. The van der Waals surface area contributed by atoms with E-state index in [1.54, 1.807) is 0 Å². The fourth-order valence-corrected chi connectivity index (χ4v) is 5.45. The van der Waals surface area contributed by atoms with Crippen LogP contribution in [-0.2, 0) is 16.0 Å². The molecule has 3 saturated heterocycles. The fraction of sp³-hybridized carbons (Fsp3) is 0.550. The summed E-state index contributed by atoms with van der Waals surface area (Å²) >= 11 is 0. The highest BCUT2D eigenvalue weighted by atomic mass is 16.5. The normalized spacial score (nSPS) is 33.4. The van der Waals surface area contributed by atoms with Gasteiger partial charge in [-0.15, -0.1) is 0 Å². The second-order valence-electron chi connectivity index (χ2n) is 7.94. The van der Waals surface area contributed by atoms with Gasteiger partial charge in [-0.1, -0.05) is 18.2 Å². The van der Waals surface area contributed by atoms with Crippen LogP contribution in [0.3, 0.4) is 0 Å². The van der Waals surface area contributed by atoms with Gasteiger partial charge in [-0.05, 0) is 31.4 Å². The van der Waals surface area contributed by atoms with Gasteiger partial charge >= 0.3 is 0 Å². The van der Waals surface area contributed by atoms with Crippen LogP contribution in [0.15, 0.2) is 24.3 Å². The Morgan fingerprint density at radius 1 is 1.44 bits per heavy atom. The quantitative estimate of drug-likeness (QED) is 0.898. The van der Waals surface area contributed by atoms with E-state index in [2.05, 4.69) is 11.1 Å². The second-order valence-corrected chi connectivity index (χ2v) is 7.94. The van der Waals surface area contributed by atoms with Crippen molar-refractivity contribution in [3.8, 4) is 0 Å². The van der Waals surface area contributed by atoms with Gasteiger partial charge in [-0.3, -0.25) is 4.79 Å². The number of rotatable bonds is 3. The topological polar surface area (TPSA) is 65.6 Å². The highest BCUT2D eigenvalue weighted by molar-refractivity contribution is 5.90. The van der Waals surface area contributed by atoms with Crippen LogP contribution in [-0.4, -0.2) is 52.3 Å². The van der Waals surface area contributed by atoms with E-state index in [-0.39, 0.29) is 30.1 Å². The predicted molar refractivity (Wildman–Crippen MR) is 94.2 cm³/mol. The van der Waals surface area contributed by atoms with E-state index in [9.17, 15) is 9.90 Å². The number of benzene rings is 1. The van der Waals surface area contributed by atoms with Crippen LogP contribution in [0.4, 0.5) is 0 Å². The van der Waals surface area contributed by atoms with E-state index < -0.39 is 0 Å². The number of carbonyl (C=O) groups excluding carboxylic acids is 1. The summed E-state index contributed by atoms with van der Waals surface area (Å²) in [5, 5.41) is 10.9. The number of H-pyrrole nitrogens is 1. The van der Waals surface area contributed by atoms with E-state index in [1.807, 2.05) is 30.0 Å². The summed E-state index contributed by atoms with van der Waals surface area (Å²) in [5.74, 6) is 0.658. The third kappa shape index (κ3) is 2.12. The number of fused-ring (bicyclic) bond motifs is 2. The number of hydrogen-bond donors (Lipinski definition) is 2. The maximum atomic E-state index is 13.0. The number of aliphatic hydroxyl groups is 1. The Morgan fingerprint density at radius 3 is 3.12 bits per heavy atom. The van der Waals surface area contributed by atoms with Gasteiger partial charge in [0.25, 0.3) is 0 Å². The highest BCUT2D eigenvalue weighted by Gasteiger charge is 2.63. The number of aromatic nitrogens is 1. The van der Waals surface area contributed by atoms with Gasteiger partial charge in [0.15, 0.2) is 0 Å². The number of ether oxygens (including phenoxy) is 1.